The molecule has 0 amide bonds. The molecule has 0 saturated heterocycles. The highest BCUT2D eigenvalue weighted by atomic mass is 31.2. The third-order valence-electron chi connectivity index (χ3n) is 2.87. The molecule has 1 unspecified atom stereocenters. The summed E-state index contributed by atoms with van der Waals surface area (Å²) >= 11 is 0. The molecule has 0 aliphatic carbocycles. The van der Waals surface area contributed by atoms with Crippen LogP contribution in [0.25, 0.3) is 0 Å². The summed E-state index contributed by atoms with van der Waals surface area (Å²) in [5, 5.41) is 0. The Kier molecular flexibility index (Phi) is 9.26. The van der Waals surface area contributed by atoms with Crippen LogP contribution >= 0.6 is 7.60 Å². The molecular weight excluding hydrogens is 319 g/mol. The van der Waals surface area contributed by atoms with Crippen LogP contribution in [-0.2, 0) is 27.9 Å². The summed E-state index contributed by atoms with van der Waals surface area (Å²) in [7, 11) is -3.44. The van der Waals surface area contributed by atoms with Crippen molar-refractivity contribution in [2.75, 3.05) is 19.6 Å². The van der Waals surface area contributed by atoms with E-state index in [4.69, 9.17) is 13.8 Å². The molecule has 0 saturated carbocycles. The average Bonchev–Trinajstić information content (AvgIpc) is 2.35. The second kappa shape index (κ2) is 9.55. The van der Waals surface area contributed by atoms with Gasteiger partial charge in [-0.3, -0.25) is 18.7 Å². The van der Waals surface area contributed by atoms with Crippen LogP contribution < -0.4 is 0 Å². The normalized spacial score (nSPS) is 14.8. The number of ketones is 1. The standard InChI is InChI=1S/C16H31O6P/c1-12(2)14(17)8-9-21-23(19,10-16(5,6)7)22-11-20-15(18)13(3)4/h12-13H,8-11H2,1-7H3. The van der Waals surface area contributed by atoms with Gasteiger partial charge in [0.2, 0.25) is 6.79 Å². The Hall–Kier alpha value is -0.710. The number of rotatable bonds is 10. The van der Waals surface area contributed by atoms with Crippen LogP contribution in [0.2, 0.25) is 0 Å². The monoisotopic (exact) mass is 350 g/mol. The number of hydrogen-bond acceptors (Lipinski definition) is 6. The number of hydrogen-bond donors (Lipinski definition) is 0. The van der Waals surface area contributed by atoms with Gasteiger partial charge in [-0.05, 0) is 5.41 Å². The van der Waals surface area contributed by atoms with Crippen LogP contribution in [0.15, 0.2) is 0 Å². The number of carbonyl (C=O) groups excluding carboxylic acids is 2. The minimum atomic E-state index is -3.44. The van der Waals surface area contributed by atoms with Crippen LogP contribution in [-0.4, -0.2) is 31.3 Å². The molecule has 0 aromatic heterocycles. The number of Topliss-reactive ketones (excluding diaryl/α,β-unsaturated/α-hetero) is 1. The highest BCUT2D eigenvalue weighted by Gasteiger charge is 2.32. The van der Waals surface area contributed by atoms with Gasteiger partial charge in [0.1, 0.15) is 5.78 Å². The van der Waals surface area contributed by atoms with Crippen molar-refractivity contribution in [3.63, 3.8) is 0 Å². The van der Waals surface area contributed by atoms with Crippen LogP contribution in [0.5, 0.6) is 0 Å². The van der Waals surface area contributed by atoms with Gasteiger partial charge in [-0.25, -0.2) is 0 Å². The smallest absolute Gasteiger partial charge is 0.334 e. The summed E-state index contributed by atoms with van der Waals surface area (Å²) in [4.78, 5) is 23.0. The lowest BCUT2D eigenvalue weighted by atomic mass is 10.0. The number of carbonyl (C=O) groups is 2. The summed E-state index contributed by atoms with van der Waals surface area (Å²) in [5.74, 6) is -0.764. The summed E-state index contributed by atoms with van der Waals surface area (Å²) in [6.07, 6.45) is 0.357. The Morgan fingerprint density at radius 3 is 2.00 bits per heavy atom. The largest absolute Gasteiger partial charge is 0.438 e. The zero-order valence-corrected chi connectivity index (χ0v) is 16.3. The molecule has 6 nitrogen and oxygen atoms in total. The summed E-state index contributed by atoms with van der Waals surface area (Å²) in [6, 6.07) is 0. The maximum absolute atomic E-state index is 12.8. The first-order chi connectivity index (χ1) is 10.4. The highest BCUT2D eigenvalue weighted by molar-refractivity contribution is 7.53. The van der Waals surface area contributed by atoms with Crippen LogP contribution in [0.4, 0.5) is 0 Å². The maximum atomic E-state index is 12.8. The van der Waals surface area contributed by atoms with Crippen molar-refractivity contribution in [3.8, 4) is 0 Å². The Balaban J connectivity index is 4.61. The lowest BCUT2D eigenvalue weighted by Gasteiger charge is -2.25. The van der Waals surface area contributed by atoms with Crippen molar-refractivity contribution >= 4 is 19.3 Å². The fourth-order valence-corrected chi connectivity index (χ4v) is 3.62. The van der Waals surface area contributed by atoms with Crippen molar-refractivity contribution in [2.24, 2.45) is 17.3 Å². The minimum absolute atomic E-state index is 0.0303. The van der Waals surface area contributed by atoms with E-state index in [0.29, 0.717) is 0 Å². The predicted molar refractivity (Wildman–Crippen MR) is 89.2 cm³/mol. The highest BCUT2D eigenvalue weighted by Crippen LogP contribution is 2.52. The molecule has 0 spiro atoms. The first-order valence-electron chi connectivity index (χ1n) is 7.94. The SMILES string of the molecule is CC(C)C(=O)CCOP(=O)(CC(C)(C)C)OCOC(=O)C(C)C. The Labute approximate surface area is 139 Å². The molecule has 0 N–H and O–H groups in total. The van der Waals surface area contributed by atoms with Gasteiger partial charge in [0.25, 0.3) is 0 Å². The molecule has 0 aromatic carbocycles. The Morgan fingerprint density at radius 2 is 1.57 bits per heavy atom. The van der Waals surface area contributed by atoms with E-state index in [1.54, 1.807) is 27.7 Å². The van der Waals surface area contributed by atoms with Crippen molar-refractivity contribution in [1.82, 2.24) is 0 Å². The lowest BCUT2D eigenvalue weighted by molar-refractivity contribution is -0.154. The van der Waals surface area contributed by atoms with Crippen LogP contribution in [0, 0.1) is 17.3 Å². The Morgan fingerprint density at radius 1 is 1.00 bits per heavy atom. The summed E-state index contributed by atoms with van der Waals surface area (Å²) < 4.78 is 28.3. The maximum Gasteiger partial charge on any atom is 0.334 e. The molecule has 0 fully saturated rings. The zero-order chi connectivity index (χ0) is 18.3. The van der Waals surface area contributed by atoms with Gasteiger partial charge < -0.3 is 9.26 Å². The molecule has 23 heavy (non-hydrogen) atoms. The fraction of sp³-hybridized carbons (Fsp3) is 0.875. The van der Waals surface area contributed by atoms with Crippen molar-refractivity contribution < 1.29 is 27.9 Å². The Bertz CT molecular complexity index is 406. The van der Waals surface area contributed by atoms with E-state index in [1.807, 2.05) is 20.8 Å². The van der Waals surface area contributed by atoms with Crippen molar-refractivity contribution in [1.29, 1.82) is 0 Å². The van der Waals surface area contributed by atoms with E-state index in [0.717, 1.165) is 0 Å². The molecule has 0 aliphatic heterocycles. The second-order valence-corrected chi connectivity index (χ2v) is 9.45. The third kappa shape index (κ3) is 10.6. The van der Waals surface area contributed by atoms with Crippen LogP contribution in [0.1, 0.15) is 54.9 Å². The van der Waals surface area contributed by atoms with Crippen molar-refractivity contribution in [3.05, 3.63) is 0 Å². The van der Waals surface area contributed by atoms with Crippen molar-refractivity contribution in [2.45, 2.75) is 54.9 Å². The first-order valence-corrected chi connectivity index (χ1v) is 9.66. The molecule has 0 bridgehead atoms. The van der Waals surface area contributed by atoms with E-state index >= 15 is 0 Å². The van der Waals surface area contributed by atoms with Gasteiger partial charge in [0.15, 0.2) is 0 Å². The average molecular weight is 350 g/mol. The van der Waals surface area contributed by atoms with Gasteiger partial charge in [-0.2, -0.15) is 0 Å². The van der Waals surface area contributed by atoms with Gasteiger partial charge in [0, 0.05) is 12.3 Å². The molecule has 0 heterocycles. The van der Waals surface area contributed by atoms with E-state index in [9.17, 15) is 14.2 Å². The molecule has 136 valence electrons. The van der Waals surface area contributed by atoms with Gasteiger partial charge in [-0.15, -0.1) is 0 Å². The quantitative estimate of drug-likeness (QED) is 0.336. The molecule has 0 aliphatic rings. The molecular formula is C16H31O6P. The van der Waals surface area contributed by atoms with E-state index in [2.05, 4.69) is 0 Å². The van der Waals surface area contributed by atoms with Crippen LogP contribution in [0.3, 0.4) is 0 Å². The topological polar surface area (TPSA) is 78.9 Å². The second-order valence-electron chi connectivity index (χ2n) is 7.40. The van der Waals surface area contributed by atoms with Gasteiger partial charge in [0.05, 0.1) is 18.7 Å². The summed E-state index contributed by atoms with van der Waals surface area (Å²) in [5.41, 5.74) is -0.292. The van der Waals surface area contributed by atoms with E-state index in [-0.39, 0.29) is 42.2 Å². The molecule has 0 rings (SSSR count). The minimum Gasteiger partial charge on any atom is -0.438 e. The first kappa shape index (κ1) is 22.3. The lowest BCUT2D eigenvalue weighted by Crippen LogP contribution is -2.19. The van der Waals surface area contributed by atoms with Gasteiger partial charge >= 0.3 is 13.6 Å². The molecule has 1 atom stereocenters. The zero-order valence-electron chi connectivity index (χ0n) is 15.4. The van der Waals surface area contributed by atoms with E-state index < -0.39 is 20.4 Å². The molecule has 0 radical (unpaired) electrons. The summed E-state index contributed by atoms with van der Waals surface area (Å²) in [6.45, 7) is 12.3. The predicted octanol–water partition coefficient (Wildman–Crippen LogP) is 4.03. The number of esters is 1. The fourth-order valence-electron chi connectivity index (χ4n) is 1.61. The molecule has 7 heteroatoms. The third-order valence-corrected chi connectivity index (χ3v) is 5.28. The molecule has 0 aromatic rings. The van der Waals surface area contributed by atoms with Gasteiger partial charge in [-0.1, -0.05) is 48.5 Å². The number of ether oxygens (including phenoxy) is 1. The van der Waals surface area contributed by atoms with E-state index in [1.165, 1.54) is 0 Å².